The van der Waals surface area contributed by atoms with Crippen molar-refractivity contribution in [3.8, 4) is 0 Å². The number of imidazole rings is 1. The van der Waals surface area contributed by atoms with E-state index >= 15 is 0 Å². The van der Waals surface area contributed by atoms with Crippen LogP contribution in [-0.4, -0.2) is 15.0 Å². The van der Waals surface area contributed by atoms with Crippen LogP contribution in [0.25, 0.3) is 0 Å². The van der Waals surface area contributed by atoms with E-state index in [4.69, 9.17) is 0 Å². The van der Waals surface area contributed by atoms with Crippen LogP contribution in [0.4, 0.5) is 0 Å². The van der Waals surface area contributed by atoms with Gasteiger partial charge in [0, 0.05) is 36.6 Å². The molecule has 0 radical (unpaired) electrons. The summed E-state index contributed by atoms with van der Waals surface area (Å²) >= 11 is 1.66. The molecule has 0 atom stereocenters. The monoisotopic (exact) mass is 194 g/mol. The molecule has 0 aromatic carbocycles. The fourth-order valence-corrected chi connectivity index (χ4v) is 1.61. The maximum atomic E-state index is 4.17. The number of nitrogens with one attached hydrogen (secondary N) is 2. The Balaban J connectivity index is 1.76. The third kappa shape index (κ3) is 2.37. The van der Waals surface area contributed by atoms with Crippen molar-refractivity contribution in [3.63, 3.8) is 0 Å². The Morgan fingerprint density at radius 1 is 1.46 bits per heavy atom. The molecule has 68 valence electrons. The first kappa shape index (κ1) is 8.40. The lowest BCUT2D eigenvalue weighted by atomic mass is 10.4. The summed E-state index contributed by atoms with van der Waals surface area (Å²) in [6, 6.07) is 0. The van der Waals surface area contributed by atoms with E-state index in [2.05, 4.69) is 20.3 Å². The third-order valence-electron chi connectivity index (χ3n) is 1.63. The van der Waals surface area contributed by atoms with Crippen molar-refractivity contribution in [1.29, 1.82) is 0 Å². The second kappa shape index (κ2) is 4.15. The van der Waals surface area contributed by atoms with Crippen LogP contribution < -0.4 is 5.32 Å². The maximum absolute atomic E-state index is 4.17. The Bertz CT molecular complexity index is 293. The van der Waals surface area contributed by atoms with Gasteiger partial charge in [-0.3, -0.25) is 0 Å². The Kier molecular flexibility index (Phi) is 2.68. The summed E-state index contributed by atoms with van der Waals surface area (Å²) < 4.78 is 0. The summed E-state index contributed by atoms with van der Waals surface area (Å²) in [5, 5.41) is 6.36. The molecule has 2 aromatic heterocycles. The second-order valence-electron chi connectivity index (χ2n) is 2.61. The second-order valence-corrected chi connectivity index (χ2v) is 3.59. The summed E-state index contributed by atoms with van der Waals surface area (Å²) in [6.45, 7) is 1.62. The predicted molar refractivity (Wildman–Crippen MR) is 51.2 cm³/mol. The first-order valence-corrected chi connectivity index (χ1v) is 4.89. The molecular weight excluding hydrogens is 184 g/mol. The topological polar surface area (TPSA) is 53.6 Å². The zero-order valence-electron chi connectivity index (χ0n) is 7.03. The molecule has 0 amide bonds. The number of H-pyrrole nitrogens is 1. The van der Waals surface area contributed by atoms with E-state index in [1.165, 1.54) is 0 Å². The van der Waals surface area contributed by atoms with Gasteiger partial charge in [-0.05, 0) is 0 Å². The molecule has 13 heavy (non-hydrogen) atoms. The summed E-state index contributed by atoms with van der Waals surface area (Å²) in [6.07, 6.45) is 5.31. The number of nitrogens with zero attached hydrogens (tertiary/aromatic N) is 2. The molecule has 5 heteroatoms. The number of hydrogen-bond donors (Lipinski definition) is 2. The quantitative estimate of drug-likeness (QED) is 0.767. The highest BCUT2D eigenvalue weighted by atomic mass is 32.1. The zero-order valence-corrected chi connectivity index (χ0v) is 7.84. The van der Waals surface area contributed by atoms with Gasteiger partial charge < -0.3 is 10.3 Å². The first-order valence-electron chi connectivity index (χ1n) is 4.01. The zero-order chi connectivity index (χ0) is 8.93. The lowest BCUT2D eigenvalue weighted by Crippen LogP contribution is -2.12. The smallest absolute Gasteiger partial charge is 0.106 e. The molecule has 0 aliphatic rings. The Hall–Kier alpha value is -1.20. The standard InChI is InChI=1S/C8H10N4S/c1-2-13-8(11-1)5-9-3-7-4-10-6-12-7/h1-2,4,6,9H,3,5H2,(H,10,12). The van der Waals surface area contributed by atoms with Crippen molar-refractivity contribution in [2.45, 2.75) is 13.1 Å². The normalized spacial score (nSPS) is 10.5. The van der Waals surface area contributed by atoms with E-state index < -0.39 is 0 Å². The molecule has 2 rings (SSSR count). The molecule has 0 saturated carbocycles. The molecule has 0 unspecified atom stereocenters. The molecule has 0 spiro atoms. The van der Waals surface area contributed by atoms with Crippen molar-refractivity contribution in [2.75, 3.05) is 0 Å². The maximum Gasteiger partial charge on any atom is 0.106 e. The number of aromatic amines is 1. The Morgan fingerprint density at radius 3 is 3.15 bits per heavy atom. The number of hydrogen-bond acceptors (Lipinski definition) is 4. The minimum atomic E-state index is 0.805. The lowest BCUT2D eigenvalue weighted by Gasteiger charge is -1.98. The van der Waals surface area contributed by atoms with Crippen LogP contribution in [0.2, 0.25) is 0 Å². The van der Waals surface area contributed by atoms with Gasteiger partial charge in [0.2, 0.25) is 0 Å². The van der Waals surface area contributed by atoms with E-state index in [1.54, 1.807) is 17.7 Å². The number of thiazole rings is 1. The summed E-state index contributed by atoms with van der Waals surface area (Å²) in [5.41, 5.74) is 1.09. The molecular formula is C8H10N4S. The van der Waals surface area contributed by atoms with Crippen LogP contribution >= 0.6 is 11.3 Å². The lowest BCUT2D eigenvalue weighted by molar-refractivity contribution is 0.679. The first-order chi connectivity index (χ1) is 6.45. The minimum Gasteiger partial charge on any atom is -0.347 e. The van der Waals surface area contributed by atoms with Crippen molar-refractivity contribution >= 4 is 11.3 Å². The van der Waals surface area contributed by atoms with Crippen LogP contribution in [0.1, 0.15) is 10.7 Å². The summed E-state index contributed by atoms with van der Waals surface area (Å²) in [4.78, 5) is 11.1. The molecule has 0 aliphatic heterocycles. The van der Waals surface area contributed by atoms with Gasteiger partial charge in [-0.2, -0.15) is 0 Å². The molecule has 0 bridgehead atoms. The van der Waals surface area contributed by atoms with Crippen LogP contribution in [0.5, 0.6) is 0 Å². The number of aromatic nitrogens is 3. The van der Waals surface area contributed by atoms with E-state index in [-0.39, 0.29) is 0 Å². The average molecular weight is 194 g/mol. The molecule has 0 fully saturated rings. The Labute approximate surface area is 80.1 Å². The average Bonchev–Trinajstić information content (AvgIpc) is 2.75. The van der Waals surface area contributed by atoms with Gasteiger partial charge >= 0.3 is 0 Å². The van der Waals surface area contributed by atoms with Crippen molar-refractivity contribution in [1.82, 2.24) is 20.3 Å². The van der Waals surface area contributed by atoms with E-state index in [0.29, 0.717) is 0 Å². The van der Waals surface area contributed by atoms with Crippen LogP contribution in [0.3, 0.4) is 0 Å². The highest BCUT2D eigenvalue weighted by Gasteiger charge is 1.95. The highest BCUT2D eigenvalue weighted by Crippen LogP contribution is 2.02. The highest BCUT2D eigenvalue weighted by molar-refractivity contribution is 7.09. The summed E-state index contributed by atoms with van der Waals surface area (Å²) in [5.74, 6) is 0. The van der Waals surface area contributed by atoms with E-state index in [0.717, 1.165) is 23.8 Å². The van der Waals surface area contributed by atoms with E-state index in [1.807, 2.05) is 17.8 Å². The molecule has 0 saturated heterocycles. The van der Waals surface area contributed by atoms with Gasteiger partial charge in [0.25, 0.3) is 0 Å². The molecule has 2 heterocycles. The van der Waals surface area contributed by atoms with Gasteiger partial charge in [0.1, 0.15) is 5.01 Å². The predicted octanol–water partition coefficient (Wildman–Crippen LogP) is 1.16. The van der Waals surface area contributed by atoms with E-state index in [9.17, 15) is 0 Å². The van der Waals surface area contributed by atoms with Gasteiger partial charge in [0.15, 0.2) is 0 Å². The van der Waals surface area contributed by atoms with Crippen LogP contribution in [-0.2, 0) is 13.1 Å². The molecule has 2 aromatic rings. The van der Waals surface area contributed by atoms with Gasteiger partial charge in [0.05, 0.1) is 6.33 Å². The van der Waals surface area contributed by atoms with Crippen molar-refractivity contribution < 1.29 is 0 Å². The van der Waals surface area contributed by atoms with Crippen LogP contribution in [0, 0.1) is 0 Å². The fraction of sp³-hybridized carbons (Fsp3) is 0.250. The van der Waals surface area contributed by atoms with Crippen LogP contribution in [0.15, 0.2) is 24.1 Å². The SMILES string of the molecule is c1csc(CNCc2cnc[nH]2)n1. The largest absolute Gasteiger partial charge is 0.347 e. The third-order valence-corrected chi connectivity index (χ3v) is 2.41. The molecule has 2 N–H and O–H groups in total. The van der Waals surface area contributed by atoms with Gasteiger partial charge in [-0.15, -0.1) is 11.3 Å². The molecule has 0 aliphatic carbocycles. The number of rotatable bonds is 4. The Morgan fingerprint density at radius 2 is 2.46 bits per heavy atom. The fourth-order valence-electron chi connectivity index (χ4n) is 1.03. The minimum absolute atomic E-state index is 0.805. The molecule has 4 nitrogen and oxygen atoms in total. The van der Waals surface area contributed by atoms with Crippen molar-refractivity contribution in [3.05, 3.63) is 34.8 Å². The van der Waals surface area contributed by atoms with Gasteiger partial charge in [-0.1, -0.05) is 0 Å². The summed E-state index contributed by atoms with van der Waals surface area (Å²) in [7, 11) is 0. The van der Waals surface area contributed by atoms with Gasteiger partial charge in [-0.25, -0.2) is 9.97 Å². The van der Waals surface area contributed by atoms with Crippen molar-refractivity contribution in [2.24, 2.45) is 0 Å².